The van der Waals surface area contributed by atoms with Crippen LogP contribution >= 0.6 is 11.8 Å². The van der Waals surface area contributed by atoms with Crippen molar-refractivity contribution in [3.8, 4) is 28.6 Å². The number of amidine groups is 1. The van der Waals surface area contributed by atoms with Crippen LogP contribution in [0.1, 0.15) is 25.3 Å². The number of benzene rings is 3. The summed E-state index contributed by atoms with van der Waals surface area (Å²) >= 11 is 1.04. The first-order valence-electron chi connectivity index (χ1n) is 12.6. The molecule has 3 amide bonds. The van der Waals surface area contributed by atoms with Gasteiger partial charge in [0.15, 0.2) is 11.0 Å². The van der Waals surface area contributed by atoms with Crippen LogP contribution in [0.5, 0.6) is 11.5 Å². The summed E-state index contributed by atoms with van der Waals surface area (Å²) in [4.78, 5) is 34.8. The van der Waals surface area contributed by atoms with Crippen LogP contribution in [0, 0.1) is 5.82 Å². The van der Waals surface area contributed by atoms with Gasteiger partial charge in [-0.2, -0.15) is 4.99 Å². The highest BCUT2D eigenvalue weighted by Crippen LogP contribution is 2.36. The van der Waals surface area contributed by atoms with Gasteiger partial charge in [-0.15, -0.1) is 18.3 Å². The molecule has 2 N–H and O–H groups in total. The number of anilines is 2. The molecular formula is C28H22F4N6O4S. The third-order valence-corrected chi connectivity index (χ3v) is 7.06. The molecule has 0 spiro atoms. The van der Waals surface area contributed by atoms with Crippen LogP contribution in [0.25, 0.3) is 17.1 Å². The van der Waals surface area contributed by atoms with Crippen LogP contribution in [0.3, 0.4) is 0 Å². The minimum Gasteiger partial charge on any atom is -0.508 e. The van der Waals surface area contributed by atoms with E-state index < -0.39 is 24.0 Å². The maximum atomic E-state index is 15.0. The van der Waals surface area contributed by atoms with Gasteiger partial charge in [0.05, 0.1) is 22.8 Å². The topological polar surface area (TPSA) is 122 Å². The van der Waals surface area contributed by atoms with Gasteiger partial charge in [0, 0.05) is 11.6 Å². The lowest BCUT2D eigenvalue weighted by atomic mass is 10.00. The second kappa shape index (κ2) is 11.8. The summed E-state index contributed by atoms with van der Waals surface area (Å²) in [5.41, 5.74) is 1.65. The summed E-state index contributed by atoms with van der Waals surface area (Å²) in [5, 5.41) is 16.7. The van der Waals surface area contributed by atoms with Crippen molar-refractivity contribution < 1.29 is 37.0 Å². The van der Waals surface area contributed by atoms with Crippen molar-refractivity contribution >= 4 is 40.2 Å². The third kappa shape index (κ3) is 6.77. The maximum absolute atomic E-state index is 15.0. The Hall–Kier alpha value is -4.92. The summed E-state index contributed by atoms with van der Waals surface area (Å²) in [6.07, 6.45) is -3.51. The lowest BCUT2D eigenvalue weighted by Crippen LogP contribution is -2.31. The number of alkyl halides is 3. The summed E-state index contributed by atoms with van der Waals surface area (Å²) in [7, 11) is 0. The Kier molecular flexibility index (Phi) is 8.08. The zero-order valence-electron chi connectivity index (χ0n) is 22.5. The monoisotopic (exact) mass is 614 g/mol. The SMILES string of the molecule is CC(C)c1ccc(O)cc1N1C(=O)CS/C1=N\C(=O)Nc1ccc(-c2ncn(-c3ccc(OC(F)(F)F)cc3)n2)cc1F. The smallest absolute Gasteiger partial charge is 0.508 e. The molecule has 4 aromatic rings. The summed E-state index contributed by atoms with van der Waals surface area (Å²) in [6.45, 7) is 3.85. The number of hydrogen-bond acceptors (Lipinski definition) is 7. The third-order valence-electron chi connectivity index (χ3n) is 6.14. The van der Waals surface area contributed by atoms with E-state index in [1.807, 2.05) is 13.8 Å². The van der Waals surface area contributed by atoms with Gasteiger partial charge in [0.2, 0.25) is 5.91 Å². The Labute approximate surface area is 246 Å². The first-order chi connectivity index (χ1) is 20.4. The number of carbonyl (C=O) groups excluding carboxylic acids is 2. The molecule has 0 radical (unpaired) electrons. The maximum Gasteiger partial charge on any atom is 0.573 e. The predicted molar refractivity (Wildman–Crippen MR) is 152 cm³/mol. The number of urea groups is 1. The molecule has 0 bridgehead atoms. The van der Waals surface area contributed by atoms with Crippen molar-refractivity contribution in [2.75, 3.05) is 16.0 Å². The Balaban J connectivity index is 1.31. The largest absolute Gasteiger partial charge is 0.573 e. The molecule has 2 heterocycles. The first-order valence-corrected chi connectivity index (χ1v) is 13.6. The van der Waals surface area contributed by atoms with Gasteiger partial charge in [-0.3, -0.25) is 9.69 Å². The van der Waals surface area contributed by atoms with E-state index >= 15 is 0 Å². The van der Waals surface area contributed by atoms with E-state index in [0.29, 0.717) is 11.4 Å². The molecule has 15 heteroatoms. The first kappa shape index (κ1) is 29.6. The van der Waals surface area contributed by atoms with Crippen LogP contribution in [0.2, 0.25) is 0 Å². The molecule has 0 unspecified atom stereocenters. The predicted octanol–water partition coefficient (Wildman–Crippen LogP) is 6.47. The van der Waals surface area contributed by atoms with Crippen molar-refractivity contribution in [3.05, 3.63) is 78.4 Å². The molecule has 3 aromatic carbocycles. The van der Waals surface area contributed by atoms with Crippen LogP contribution < -0.4 is 15.0 Å². The Morgan fingerprint density at radius 3 is 2.53 bits per heavy atom. The number of rotatable bonds is 6. The van der Waals surface area contributed by atoms with Gasteiger partial charge >= 0.3 is 12.4 Å². The van der Waals surface area contributed by atoms with Gasteiger partial charge in [0.25, 0.3) is 0 Å². The van der Waals surface area contributed by atoms with Crippen LogP contribution in [-0.2, 0) is 4.79 Å². The second-order valence-electron chi connectivity index (χ2n) is 9.49. The number of nitrogens with zero attached hydrogens (tertiary/aromatic N) is 5. The number of thioether (sulfide) groups is 1. The number of hydrogen-bond donors (Lipinski definition) is 2. The van der Waals surface area contributed by atoms with E-state index in [-0.39, 0.29) is 45.6 Å². The van der Waals surface area contributed by atoms with E-state index in [2.05, 4.69) is 25.1 Å². The highest BCUT2D eigenvalue weighted by molar-refractivity contribution is 8.15. The zero-order valence-corrected chi connectivity index (χ0v) is 23.3. The number of amides is 3. The highest BCUT2D eigenvalue weighted by atomic mass is 32.2. The van der Waals surface area contributed by atoms with Crippen molar-refractivity contribution in [2.24, 2.45) is 4.99 Å². The standard InChI is InChI=1S/C28H22F4N6O4S/c1-15(2)20-9-6-18(39)12-23(20)38-24(40)13-43-27(38)35-26(41)34-22-10-3-16(11-21(22)29)25-33-14-37(36-25)17-4-7-19(8-5-17)42-28(30,31)32/h3-12,14-15,39H,13H2,1-2H3,(H,34,41)/b35-27-. The van der Waals surface area contributed by atoms with E-state index in [1.54, 1.807) is 6.07 Å². The number of carbonyl (C=O) groups is 2. The normalized spacial score (nSPS) is 14.5. The minimum absolute atomic E-state index is 0.0102. The minimum atomic E-state index is -4.82. The van der Waals surface area contributed by atoms with Crippen LogP contribution in [-0.4, -0.2) is 49.1 Å². The Morgan fingerprint density at radius 2 is 1.86 bits per heavy atom. The second-order valence-corrected chi connectivity index (χ2v) is 10.4. The molecule has 1 saturated heterocycles. The number of aromatic hydroxyl groups is 1. The molecule has 0 aliphatic carbocycles. The van der Waals surface area contributed by atoms with Crippen molar-refractivity contribution in [1.29, 1.82) is 0 Å². The van der Waals surface area contributed by atoms with Gasteiger partial charge in [-0.1, -0.05) is 31.7 Å². The number of nitrogens with one attached hydrogen (secondary N) is 1. The molecule has 222 valence electrons. The number of aliphatic imine (C=N–C) groups is 1. The summed E-state index contributed by atoms with van der Waals surface area (Å²) in [6, 6.07) is 12.5. The number of phenolic OH excluding ortho intramolecular Hbond substituents is 1. The van der Waals surface area contributed by atoms with Gasteiger partial charge < -0.3 is 15.2 Å². The summed E-state index contributed by atoms with van der Waals surface area (Å²) < 4.78 is 57.3. The molecule has 1 aromatic heterocycles. The van der Waals surface area contributed by atoms with Gasteiger partial charge in [-0.25, -0.2) is 18.9 Å². The quantitative estimate of drug-likeness (QED) is 0.239. The molecule has 0 saturated carbocycles. The van der Waals surface area contributed by atoms with Crippen molar-refractivity contribution in [2.45, 2.75) is 26.1 Å². The molecule has 0 atom stereocenters. The van der Waals surface area contributed by atoms with E-state index in [4.69, 9.17) is 0 Å². The summed E-state index contributed by atoms with van der Waals surface area (Å²) in [5.74, 6) is -1.41. The fraction of sp³-hybridized carbons (Fsp3) is 0.179. The Morgan fingerprint density at radius 1 is 1.12 bits per heavy atom. The number of phenols is 1. The molecule has 1 aliphatic heterocycles. The number of ether oxygens (including phenoxy) is 1. The van der Waals surface area contributed by atoms with Crippen molar-refractivity contribution in [1.82, 2.24) is 14.8 Å². The fourth-order valence-electron chi connectivity index (χ4n) is 4.20. The molecule has 1 fully saturated rings. The molecule has 5 rings (SSSR count). The lowest BCUT2D eigenvalue weighted by molar-refractivity contribution is -0.274. The highest BCUT2D eigenvalue weighted by Gasteiger charge is 2.33. The van der Waals surface area contributed by atoms with Gasteiger partial charge in [-0.05, 0) is 60.0 Å². The zero-order chi connectivity index (χ0) is 30.9. The van der Waals surface area contributed by atoms with E-state index in [0.717, 1.165) is 35.5 Å². The number of halogens is 4. The van der Waals surface area contributed by atoms with Gasteiger partial charge in [0.1, 0.15) is 23.6 Å². The fourth-order valence-corrected chi connectivity index (χ4v) is 5.06. The average molecular weight is 615 g/mol. The van der Waals surface area contributed by atoms with Crippen LogP contribution in [0.4, 0.5) is 33.7 Å². The lowest BCUT2D eigenvalue weighted by Gasteiger charge is -2.21. The van der Waals surface area contributed by atoms with Crippen molar-refractivity contribution in [3.63, 3.8) is 0 Å². The Bertz CT molecular complexity index is 1720. The molecule has 43 heavy (non-hydrogen) atoms. The van der Waals surface area contributed by atoms with E-state index in [9.17, 15) is 32.3 Å². The molecular weight excluding hydrogens is 592 g/mol. The number of aromatic nitrogens is 3. The molecule has 1 aliphatic rings. The average Bonchev–Trinajstić information content (AvgIpc) is 3.56. The van der Waals surface area contributed by atoms with E-state index in [1.165, 1.54) is 52.3 Å². The molecule has 10 nitrogen and oxygen atoms in total. The van der Waals surface area contributed by atoms with Crippen LogP contribution in [0.15, 0.2) is 72.0 Å².